The zero-order valence-electron chi connectivity index (χ0n) is 11.9. The van der Waals surface area contributed by atoms with Crippen LogP contribution in [-0.2, 0) is 0 Å². The largest absolute Gasteiger partial charge is 0.353 e. The van der Waals surface area contributed by atoms with Gasteiger partial charge in [-0.05, 0) is 25.8 Å². The summed E-state index contributed by atoms with van der Waals surface area (Å²) in [6.07, 6.45) is 4.64. The van der Waals surface area contributed by atoms with Crippen molar-refractivity contribution in [1.82, 2.24) is 19.6 Å². The highest BCUT2D eigenvalue weighted by molar-refractivity contribution is 5.63. The molecule has 0 amide bonds. The van der Waals surface area contributed by atoms with E-state index >= 15 is 0 Å². The average molecular weight is 262 g/mol. The van der Waals surface area contributed by atoms with Crippen molar-refractivity contribution in [2.24, 2.45) is 11.7 Å². The first kappa shape index (κ1) is 13.7. The molecule has 0 aliphatic rings. The summed E-state index contributed by atoms with van der Waals surface area (Å²) in [6, 6.07) is 0. The number of hydrogen-bond acceptors (Lipinski definition) is 5. The molecule has 0 bridgehead atoms. The lowest BCUT2D eigenvalue weighted by atomic mass is 10.2. The van der Waals surface area contributed by atoms with E-state index in [4.69, 9.17) is 5.73 Å². The number of aromatic nitrogens is 4. The molecule has 0 aromatic carbocycles. The van der Waals surface area contributed by atoms with Crippen molar-refractivity contribution in [3.8, 4) is 0 Å². The van der Waals surface area contributed by atoms with E-state index < -0.39 is 0 Å². The Kier molecular flexibility index (Phi) is 4.31. The molecule has 2 heterocycles. The minimum atomic E-state index is 0.559. The third kappa shape index (κ3) is 3.01. The third-order valence-corrected chi connectivity index (χ3v) is 3.00. The van der Waals surface area contributed by atoms with Crippen molar-refractivity contribution < 1.29 is 0 Å². The van der Waals surface area contributed by atoms with Crippen molar-refractivity contribution in [1.29, 1.82) is 0 Å². The van der Waals surface area contributed by atoms with E-state index in [9.17, 15) is 0 Å². The molecule has 0 saturated carbocycles. The van der Waals surface area contributed by atoms with Gasteiger partial charge in [0.25, 0.3) is 0 Å². The second-order valence-corrected chi connectivity index (χ2v) is 5.17. The molecule has 2 aromatic heterocycles. The fourth-order valence-electron chi connectivity index (χ4n) is 2.16. The van der Waals surface area contributed by atoms with E-state index in [1.54, 1.807) is 6.20 Å². The Morgan fingerprint density at radius 3 is 2.84 bits per heavy atom. The topological polar surface area (TPSA) is 72.3 Å². The van der Waals surface area contributed by atoms with Gasteiger partial charge in [-0.1, -0.05) is 13.8 Å². The molecule has 0 aliphatic heterocycles. The van der Waals surface area contributed by atoms with Gasteiger partial charge in [0.05, 0.1) is 0 Å². The lowest BCUT2D eigenvalue weighted by molar-refractivity contribution is 0.596. The van der Waals surface area contributed by atoms with Crippen molar-refractivity contribution in [2.45, 2.75) is 27.2 Å². The Hall–Kier alpha value is -1.69. The minimum Gasteiger partial charge on any atom is -0.353 e. The first-order valence-electron chi connectivity index (χ1n) is 6.75. The first-order valence-corrected chi connectivity index (χ1v) is 6.75. The summed E-state index contributed by atoms with van der Waals surface area (Å²) in [4.78, 5) is 6.74. The monoisotopic (exact) mass is 262 g/mol. The van der Waals surface area contributed by atoms with Gasteiger partial charge >= 0.3 is 0 Å². The van der Waals surface area contributed by atoms with Crippen LogP contribution in [0.4, 0.5) is 5.82 Å². The molecule has 0 atom stereocenters. The Morgan fingerprint density at radius 2 is 2.16 bits per heavy atom. The van der Waals surface area contributed by atoms with Gasteiger partial charge in [0.1, 0.15) is 5.82 Å². The highest BCUT2D eigenvalue weighted by Gasteiger charge is 2.15. The van der Waals surface area contributed by atoms with E-state index in [1.165, 1.54) is 0 Å². The van der Waals surface area contributed by atoms with Crippen LogP contribution in [0.5, 0.6) is 0 Å². The maximum atomic E-state index is 5.62. The number of nitrogens with two attached hydrogens (primary N) is 1. The maximum Gasteiger partial charge on any atom is 0.203 e. The van der Waals surface area contributed by atoms with Crippen molar-refractivity contribution in [3.63, 3.8) is 0 Å². The Labute approximate surface area is 113 Å². The Bertz CT molecular complexity index is 533. The van der Waals surface area contributed by atoms with Gasteiger partial charge in [-0.25, -0.2) is 4.98 Å². The quantitative estimate of drug-likeness (QED) is 0.848. The van der Waals surface area contributed by atoms with Crippen molar-refractivity contribution in [3.05, 3.63) is 18.2 Å². The van der Waals surface area contributed by atoms with E-state index in [0.717, 1.165) is 36.8 Å². The summed E-state index contributed by atoms with van der Waals surface area (Å²) in [5.41, 5.74) is 6.44. The molecule has 0 saturated heterocycles. The van der Waals surface area contributed by atoms with Crippen LogP contribution in [-0.4, -0.2) is 39.2 Å². The lowest BCUT2D eigenvalue weighted by Crippen LogP contribution is -2.31. The number of nitrogens with zero attached hydrogens (tertiary/aromatic N) is 5. The average Bonchev–Trinajstić information content (AvgIpc) is 2.76. The molecule has 6 heteroatoms. The molecule has 0 aliphatic carbocycles. The van der Waals surface area contributed by atoms with Crippen molar-refractivity contribution in [2.75, 3.05) is 24.5 Å². The molecule has 2 rings (SSSR count). The molecule has 0 spiro atoms. The summed E-state index contributed by atoms with van der Waals surface area (Å²) < 4.78 is 1.97. The van der Waals surface area contributed by atoms with E-state index in [1.807, 2.05) is 17.5 Å². The summed E-state index contributed by atoms with van der Waals surface area (Å²) in [5, 5.41) is 8.35. The zero-order chi connectivity index (χ0) is 13.8. The predicted octanol–water partition coefficient (Wildman–Crippen LogP) is 1.24. The third-order valence-electron chi connectivity index (χ3n) is 3.00. The van der Waals surface area contributed by atoms with Gasteiger partial charge in [-0.3, -0.25) is 4.40 Å². The van der Waals surface area contributed by atoms with Crippen LogP contribution in [0.1, 0.15) is 26.1 Å². The highest BCUT2D eigenvalue weighted by atomic mass is 15.3. The molecule has 0 radical (unpaired) electrons. The van der Waals surface area contributed by atoms with Crippen LogP contribution in [0, 0.1) is 12.8 Å². The molecule has 6 nitrogen and oxygen atoms in total. The van der Waals surface area contributed by atoms with E-state index in [2.05, 4.69) is 33.9 Å². The normalized spacial score (nSPS) is 11.4. The van der Waals surface area contributed by atoms with E-state index in [0.29, 0.717) is 12.5 Å². The van der Waals surface area contributed by atoms with Gasteiger partial charge in [-0.2, -0.15) is 0 Å². The molecule has 0 fully saturated rings. The van der Waals surface area contributed by atoms with Gasteiger partial charge in [0.2, 0.25) is 5.65 Å². The molecule has 2 aromatic rings. The molecular weight excluding hydrogens is 240 g/mol. The van der Waals surface area contributed by atoms with Crippen molar-refractivity contribution >= 4 is 11.5 Å². The summed E-state index contributed by atoms with van der Waals surface area (Å²) in [5.74, 6) is 2.33. The maximum absolute atomic E-state index is 5.62. The lowest BCUT2D eigenvalue weighted by Gasteiger charge is -2.25. The number of aryl methyl sites for hydroxylation is 1. The number of hydrogen-bond donors (Lipinski definition) is 1. The van der Waals surface area contributed by atoms with Gasteiger partial charge in [0.15, 0.2) is 5.82 Å². The molecular formula is C13H22N6. The number of rotatable bonds is 6. The second-order valence-electron chi connectivity index (χ2n) is 5.17. The van der Waals surface area contributed by atoms with Gasteiger partial charge < -0.3 is 10.6 Å². The van der Waals surface area contributed by atoms with Crippen LogP contribution in [0.25, 0.3) is 5.65 Å². The molecule has 0 unspecified atom stereocenters. The standard InChI is InChI=1S/C13H22N6/c1-10(2)9-18(7-4-5-14)12-13-17-16-11(3)19(13)8-6-15-12/h6,8,10H,4-5,7,9,14H2,1-3H3. The SMILES string of the molecule is Cc1nnc2c(N(CCCN)CC(C)C)nccn12. The molecule has 2 N–H and O–H groups in total. The fourth-order valence-corrected chi connectivity index (χ4v) is 2.16. The predicted molar refractivity (Wildman–Crippen MR) is 76.2 cm³/mol. The van der Waals surface area contributed by atoms with Crippen LogP contribution in [0.3, 0.4) is 0 Å². The van der Waals surface area contributed by atoms with Crippen LogP contribution in [0.2, 0.25) is 0 Å². The van der Waals surface area contributed by atoms with Gasteiger partial charge in [-0.15, -0.1) is 10.2 Å². The number of fused-ring (bicyclic) bond motifs is 1. The van der Waals surface area contributed by atoms with Crippen LogP contribution in [0.15, 0.2) is 12.4 Å². The fraction of sp³-hybridized carbons (Fsp3) is 0.615. The smallest absolute Gasteiger partial charge is 0.203 e. The zero-order valence-corrected chi connectivity index (χ0v) is 11.9. The minimum absolute atomic E-state index is 0.559. The Morgan fingerprint density at radius 1 is 1.37 bits per heavy atom. The highest BCUT2D eigenvalue weighted by Crippen LogP contribution is 2.18. The van der Waals surface area contributed by atoms with E-state index in [-0.39, 0.29) is 0 Å². The van der Waals surface area contributed by atoms with Gasteiger partial charge in [0, 0.05) is 25.5 Å². The van der Waals surface area contributed by atoms with Crippen LogP contribution < -0.4 is 10.6 Å². The molecule has 19 heavy (non-hydrogen) atoms. The molecule has 104 valence electrons. The summed E-state index contributed by atoms with van der Waals surface area (Å²) in [6.45, 7) is 8.86. The van der Waals surface area contributed by atoms with Crippen LogP contribution >= 0.6 is 0 Å². The number of anilines is 1. The summed E-state index contributed by atoms with van der Waals surface area (Å²) >= 11 is 0. The first-order chi connectivity index (χ1) is 9.13. The second kappa shape index (κ2) is 5.97. The Balaban J connectivity index is 2.37. The summed E-state index contributed by atoms with van der Waals surface area (Å²) in [7, 11) is 0.